The second-order valence-electron chi connectivity index (χ2n) is 5.30. The Labute approximate surface area is 135 Å². The molecule has 0 atom stereocenters. The van der Waals surface area contributed by atoms with Gasteiger partial charge in [0.2, 0.25) is 0 Å². The fraction of sp³-hybridized carbons (Fsp3) is 0.333. The largest absolute Gasteiger partial charge is 0.490 e. The van der Waals surface area contributed by atoms with Crippen LogP contribution in [0.1, 0.15) is 16.8 Å². The fourth-order valence-corrected chi connectivity index (χ4v) is 2.78. The number of hydrogen-bond donors (Lipinski definition) is 3. The maximum absolute atomic E-state index is 11.6. The summed E-state index contributed by atoms with van der Waals surface area (Å²) in [4.78, 5) is 20.5. The minimum atomic E-state index is -5.08. The molecule has 1 aliphatic rings. The first-order valence-electron chi connectivity index (χ1n) is 7.07. The van der Waals surface area contributed by atoms with Gasteiger partial charge in [-0.05, 0) is 37.1 Å². The van der Waals surface area contributed by atoms with Crippen molar-refractivity contribution < 1.29 is 27.9 Å². The average Bonchev–Trinajstić information content (AvgIpc) is 2.82. The van der Waals surface area contributed by atoms with Gasteiger partial charge in [-0.15, -0.1) is 0 Å². The topological polar surface area (TPSA) is 97.4 Å². The Hall–Kier alpha value is -2.55. The smallest absolute Gasteiger partial charge is 0.475 e. The molecule has 2 heterocycles. The molecule has 0 unspecified atom stereocenters. The number of aliphatic carboxylic acids is 1. The van der Waals surface area contributed by atoms with Crippen LogP contribution in [0.5, 0.6) is 0 Å². The Kier molecular flexibility index (Phi) is 4.83. The van der Waals surface area contributed by atoms with Crippen LogP contribution in [0, 0.1) is 6.92 Å². The molecule has 0 aliphatic carbocycles. The molecular formula is C15H16F3N3O3. The van der Waals surface area contributed by atoms with Gasteiger partial charge in [-0.3, -0.25) is 4.57 Å². The van der Waals surface area contributed by atoms with Crippen LogP contribution in [0.3, 0.4) is 0 Å². The van der Waals surface area contributed by atoms with E-state index in [1.54, 1.807) is 4.57 Å². The number of rotatable bonds is 0. The second-order valence-corrected chi connectivity index (χ2v) is 5.30. The number of amides is 1. The number of halogens is 3. The summed E-state index contributed by atoms with van der Waals surface area (Å²) in [5, 5.41) is 11.6. The number of carboxylic acids is 1. The molecule has 2 aromatic rings. The van der Waals surface area contributed by atoms with Crippen molar-refractivity contribution in [2.24, 2.45) is 5.73 Å². The molecule has 3 rings (SSSR count). The molecular weight excluding hydrogens is 327 g/mol. The van der Waals surface area contributed by atoms with E-state index in [-0.39, 0.29) is 0 Å². The molecule has 1 amide bonds. The minimum absolute atomic E-state index is 0.398. The second kappa shape index (κ2) is 6.52. The van der Waals surface area contributed by atoms with Crippen LogP contribution in [-0.2, 0) is 17.8 Å². The van der Waals surface area contributed by atoms with Gasteiger partial charge in [0.05, 0.1) is 5.52 Å². The van der Waals surface area contributed by atoms with Crippen LogP contribution in [0.15, 0.2) is 18.2 Å². The highest BCUT2D eigenvalue weighted by molar-refractivity contribution is 5.96. The minimum Gasteiger partial charge on any atom is -0.475 e. The molecule has 4 N–H and O–H groups in total. The van der Waals surface area contributed by atoms with Gasteiger partial charge in [-0.2, -0.15) is 13.2 Å². The number of aromatic nitrogens is 1. The summed E-state index contributed by atoms with van der Waals surface area (Å²) in [5.41, 5.74) is 9.94. The number of carbonyl (C=O) groups is 2. The molecule has 6 nitrogen and oxygen atoms in total. The third-order valence-electron chi connectivity index (χ3n) is 3.72. The van der Waals surface area contributed by atoms with Crippen molar-refractivity contribution in [3.8, 4) is 0 Å². The molecule has 0 spiro atoms. The van der Waals surface area contributed by atoms with E-state index < -0.39 is 18.2 Å². The summed E-state index contributed by atoms with van der Waals surface area (Å²) in [6, 6.07) is 5.61. The maximum atomic E-state index is 11.6. The Morgan fingerprint density at radius 3 is 2.50 bits per heavy atom. The predicted molar refractivity (Wildman–Crippen MR) is 80.8 cm³/mol. The number of hydrogen-bond acceptors (Lipinski definition) is 3. The molecule has 24 heavy (non-hydrogen) atoms. The normalized spacial score (nSPS) is 13.8. The molecule has 1 aromatic carbocycles. The number of carbonyl (C=O) groups excluding carboxylic acids is 1. The average molecular weight is 343 g/mol. The highest BCUT2D eigenvalue weighted by Crippen LogP contribution is 2.30. The molecule has 0 saturated heterocycles. The zero-order valence-electron chi connectivity index (χ0n) is 12.8. The van der Waals surface area contributed by atoms with Gasteiger partial charge in [0.1, 0.15) is 0 Å². The lowest BCUT2D eigenvalue weighted by Gasteiger charge is -2.15. The third-order valence-corrected chi connectivity index (χ3v) is 3.72. The van der Waals surface area contributed by atoms with Crippen molar-refractivity contribution in [1.82, 2.24) is 9.88 Å². The molecule has 0 radical (unpaired) electrons. The van der Waals surface area contributed by atoms with E-state index in [4.69, 9.17) is 15.6 Å². The van der Waals surface area contributed by atoms with E-state index in [9.17, 15) is 18.0 Å². The lowest BCUT2D eigenvalue weighted by atomic mass is 10.0. The molecule has 0 bridgehead atoms. The number of alkyl halides is 3. The van der Waals surface area contributed by atoms with E-state index in [2.05, 4.69) is 18.3 Å². The van der Waals surface area contributed by atoms with E-state index in [0.717, 1.165) is 24.2 Å². The number of benzene rings is 1. The number of nitrogens with one attached hydrogen (secondary N) is 1. The summed E-state index contributed by atoms with van der Waals surface area (Å²) in [7, 11) is 0. The highest BCUT2D eigenvalue weighted by atomic mass is 19.4. The maximum Gasteiger partial charge on any atom is 0.490 e. The van der Waals surface area contributed by atoms with E-state index in [1.165, 1.54) is 16.5 Å². The number of nitrogens with two attached hydrogens (primary N) is 1. The van der Waals surface area contributed by atoms with Crippen LogP contribution in [-0.4, -0.2) is 34.4 Å². The summed E-state index contributed by atoms with van der Waals surface area (Å²) in [6.45, 7) is 3.75. The molecule has 0 fully saturated rings. The first-order chi connectivity index (χ1) is 11.1. The number of fused-ring (bicyclic) bond motifs is 3. The van der Waals surface area contributed by atoms with Gasteiger partial charge in [-0.25, -0.2) is 9.59 Å². The Bertz CT molecular complexity index is 797. The summed E-state index contributed by atoms with van der Waals surface area (Å²) >= 11 is 0. The lowest BCUT2D eigenvalue weighted by molar-refractivity contribution is -0.192. The van der Waals surface area contributed by atoms with Crippen LogP contribution < -0.4 is 11.1 Å². The standard InChI is InChI=1S/C13H15N3O.C2HF3O2/c1-8-3-2-4-10-12(8)9-5-6-15-7-11(9)16(10)13(14)17;3-2(4,5)1(6)7/h2-4,15H,5-7H2,1H3,(H2,14,17);(H,6,7). The number of carboxylic acid groups (broad SMARTS) is 1. The first-order valence-corrected chi connectivity index (χ1v) is 7.07. The monoisotopic (exact) mass is 343 g/mol. The summed E-state index contributed by atoms with van der Waals surface area (Å²) in [6.07, 6.45) is -4.13. The van der Waals surface area contributed by atoms with Gasteiger partial charge in [0, 0.05) is 17.6 Å². The van der Waals surface area contributed by atoms with Crippen molar-refractivity contribution in [2.45, 2.75) is 26.1 Å². The van der Waals surface area contributed by atoms with Gasteiger partial charge in [0.25, 0.3) is 0 Å². The zero-order valence-corrected chi connectivity index (χ0v) is 12.8. The van der Waals surface area contributed by atoms with Crippen molar-refractivity contribution in [2.75, 3.05) is 6.54 Å². The predicted octanol–water partition coefficient (Wildman–Crippen LogP) is 2.16. The Morgan fingerprint density at radius 2 is 1.96 bits per heavy atom. The Balaban J connectivity index is 0.000000256. The van der Waals surface area contributed by atoms with Crippen LogP contribution in [0.4, 0.5) is 18.0 Å². The molecule has 130 valence electrons. The van der Waals surface area contributed by atoms with Crippen LogP contribution >= 0.6 is 0 Å². The lowest BCUT2D eigenvalue weighted by Crippen LogP contribution is -2.29. The first kappa shape index (κ1) is 17.8. The highest BCUT2D eigenvalue weighted by Gasteiger charge is 2.38. The van der Waals surface area contributed by atoms with Gasteiger partial charge in [0.15, 0.2) is 0 Å². The number of nitrogens with zero attached hydrogens (tertiary/aromatic N) is 1. The number of primary amides is 1. The van der Waals surface area contributed by atoms with Crippen molar-refractivity contribution >= 4 is 22.9 Å². The Morgan fingerprint density at radius 1 is 1.33 bits per heavy atom. The van der Waals surface area contributed by atoms with Crippen molar-refractivity contribution in [1.29, 1.82) is 0 Å². The van der Waals surface area contributed by atoms with Crippen molar-refractivity contribution in [3.05, 3.63) is 35.0 Å². The van der Waals surface area contributed by atoms with E-state index >= 15 is 0 Å². The van der Waals surface area contributed by atoms with E-state index in [0.29, 0.717) is 6.54 Å². The van der Waals surface area contributed by atoms with E-state index in [1.807, 2.05) is 12.1 Å². The van der Waals surface area contributed by atoms with Crippen LogP contribution in [0.2, 0.25) is 0 Å². The van der Waals surface area contributed by atoms with Gasteiger partial charge in [-0.1, -0.05) is 12.1 Å². The van der Waals surface area contributed by atoms with Gasteiger partial charge >= 0.3 is 18.2 Å². The van der Waals surface area contributed by atoms with Crippen molar-refractivity contribution in [3.63, 3.8) is 0 Å². The zero-order chi connectivity index (χ0) is 18.1. The van der Waals surface area contributed by atoms with Gasteiger partial charge < -0.3 is 16.2 Å². The molecule has 9 heteroatoms. The third kappa shape index (κ3) is 3.35. The molecule has 1 aromatic heterocycles. The SMILES string of the molecule is Cc1cccc2c1c1c(n2C(N)=O)CNCC1.O=C(O)C(F)(F)F. The summed E-state index contributed by atoms with van der Waals surface area (Å²) in [5.74, 6) is -2.76. The summed E-state index contributed by atoms with van der Waals surface area (Å²) < 4.78 is 33.4. The number of aryl methyl sites for hydroxylation is 1. The molecule has 0 saturated carbocycles. The van der Waals surface area contributed by atoms with Crippen LogP contribution in [0.25, 0.3) is 10.9 Å². The molecule has 1 aliphatic heterocycles. The quantitative estimate of drug-likeness (QED) is 0.683. The fourth-order valence-electron chi connectivity index (χ4n) is 2.78.